The predicted octanol–water partition coefficient (Wildman–Crippen LogP) is 4.49. The van der Waals surface area contributed by atoms with Gasteiger partial charge >= 0.3 is 0 Å². The Morgan fingerprint density at radius 3 is 2.80 bits per heavy atom. The Hall–Kier alpha value is -1.03. The highest BCUT2D eigenvalue weighted by Crippen LogP contribution is 2.26. The largest absolute Gasteiger partial charge is 0.309 e. The van der Waals surface area contributed by atoms with Gasteiger partial charge in [0, 0.05) is 33.6 Å². The van der Waals surface area contributed by atoms with Gasteiger partial charge in [-0.2, -0.15) is 0 Å². The highest BCUT2D eigenvalue weighted by atomic mass is 35.5. The van der Waals surface area contributed by atoms with Gasteiger partial charge in [-0.05, 0) is 43.3 Å². The molecule has 1 N–H and O–H groups in total. The molecule has 0 amide bonds. The third-order valence-electron chi connectivity index (χ3n) is 3.00. The maximum atomic E-state index is 6.02. The number of hydrogen-bond donors (Lipinski definition) is 1. The summed E-state index contributed by atoms with van der Waals surface area (Å²) in [6, 6.07) is 12.5. The molecule has 1 aromatic heterocycles. The third-order valence-corrected chi connectivity index (χ3v) is 4.32. The first-order chi connectivity index (χ1) is 9.69. The van der Waals surface area contributed by atoms with Crippen LogP contribution in [0, 0.1) is 6.92 Å². The number of aromatic nitrogens is 1. The smallest absolute Gasteiger partial charge is 0.0430 e. The lowest BCUT2D eigenvalue weighted by Gasteiger charge is -2.18. The van der Waals surface area contributed by atoms with Gasteiger partial charge < -0.3 is 5.32 Å². The number of halogens is 1. The van der Waals surface area contributed by atoms with Gasteiger partial charge in [0.1, 0.15) is 0 Å². The van der Waals surface area contributed by atoms with Gasteiger partial charge in [0.05, 0.1) is 0 Å². The summed E-state index contributed by atoms with van der Waals surface area (Å²) >= 11 is 7.82. The quantitative estimate of drug-likeness (QED) is 0.796. The molecule has 0 spiro atoms. The summed E-state index contributed by atoms with van der Waals surface area (Å²) in [6.45, 7) is 5.07. The maximum absolute atomic E-state index is 6.02. The molecule has 2 rings (SSSR count). The average molecular weight is 307 g/mol. The van der Waals surface area contributed by atoms with Crippen LogP contribution in [-0.4, -0.2) is 17.3 Å². The minimum Gasteiger partial charge on any atom is -0.309 e. The van der Waals surface area contributed by atoms with E-state index in [4.69, 9.17) is 11.6 Å². The van der Waals surface area contributed by atoms with E-state index in [0.29, 0.717) is 6.04 Å². The van der Waals surface area contributed by atoms with Crippen molar-refractivity contribution in [1.82, 2.24) is 10.3 Å². The molecule has 0 fully saturated rings. The fraction of sp³-hybridized carbons (Fsp3) is 0.312. The molecular formula is C16H19ClN2S. The molecule has 2 aromatic rings. The summed E-state index contributed by atoms with van der Waals surface area (Å²) in [7, 11) is 0. The Bertz CT molecular complexity index is 542. The number of nitrogens with zero attached hydrogens (tertiary/aromatic N) is 1. The lowest BCUT2D eigenvalue weighted by Crippen LogP contribution is -2.23. The Labute approximate surface area is 130 Å². The second-order valence-electron chi connectivity index (χ2n) is 4.61. The number of aryl methyl sites for hydroxylation is 1. The molecule has 1 aromatic carbocycles. The van der Waals surface area contributed by atoms with E-state index in [9.17, 15) is 0 Å². The molecule has 0 saturated carbocycles. The van der Waals surface area contributed by atoms with Crippen molar-refractivity contribution in [3.05, 3.63) is 58.9 Å². The maximum Gasteiger partial charge on any atom is 0.0430 e. The van der Waals surface area contributed by atoms with E-state index in [1.165, 1.54) is 10.5 Å². The molecule has 20 heavy (non-hydrogen) atoms. The zero-order valence-corrected chi connectivity index (χ0v) is 13.3. The Morgan fingerprint density at radius 2 is 2.15 bits per heavy atom. The topological polar surface area (TPSA) is 24.9 Å². The van der Waals surface area contributed by atoms with Crippen LogP contribution in [0.1, 0.15) is 24.2 Å². The van der Waals surface area contributed by atoms with Crippen molar-refractivity contribution in [2.24, 2.45) is 0 Å². The second-order valence-corrected chi connectivity index (χ2v) is 6.14. The van der Waals surface area contributed by atoms with Crippen LogP contribution in [0.4, 0.5) is 0 Å². The molecule has 1 atom stereocenters. The van der Waals surface area contributed by atoms with Crippen LogP contribution in [0.15, 0.2) is 47.5 Å². The van der Waals surface area contributed by atoms with Gasteiger partial charge in [0.2, 0.25) is 0 Å². The van der Waals surface area contributed by atoms with Crippen molar-refractivity contribution >= 4 is 23.4 Å². The molecule has 0 aliphatic carbocycles. The first-order valence-electron chi connectivity index (χ1n) is 6.73. The van der Waals surface area contributed by atoms with Crippen molar-refractivity contribution in [1.29, 1.82) is 0 Å². The summed E-state index contributed by atoms with van der Waals surface area (Å²) in [5.41, 5.74) is 2.28. The number of hydrogen-bond acceptors (Lipinski definition) is 3. The highest BCUT2D eigenvalue weighted by Gasteiger charge is 2.11. The molecule has 0 aliphatic heterocycles. The average Bonchev–Trinajstić information content (AvgIpc) is 2.44. The Morgan fingerprint density at radius 1 is 1.30 bits per heavy atom. The zero-order valence-electron chi connectivity index (χ0n) is 11.8. The second kappa shape index (κ2) is 7.67. The molecule has 0 aliphatic rings. The summed E-state index contributed by atoms with van der Waals surface area (Å²) in [6.07, 6.45) is 1.96. The van der Waals surface area contributed by atoms with Gasteiger partial charge in [0.15, 0.2) is 0 Å². The van der Waals surface area contributed by atoms with Crippen LogP contribution in [0.3, 0.4) is 0 Å². The van der Waals surface area contributed by atoms with Crippen molar-refractivity contribution in [3.63, 3.8) is 0 Å². The lowest BCUT2D eigenvalue weighted by atomic mass is 10.1. The number of thioether (sulfide) groups is 1. The Balaban J connectivity index is 2.04. The van der Waals surface area contributed by atoms with E-state index in [0.717, 1.165) is 23.0 Å². The van der Waals surface area contributed by atoms with E-state index >= 15 is 0 Å². The first kappa shape index (κ1) is 15.4. The van der Waals surface area contributed by atoms with Crippen LogP contribution < -0.4 is 5.32 Å². The monoisotopic (exact) mass is 306 g/mol. The minimum absolute atomic E-state index is 0.303. The number of nitrogens with one attached hydrogen (secondary N) is 1. The van der Waals surface area contributed by atoms with E-state index in [1.807, 2.05) is 31.3 Å². The van der Waals surface area contributed by atoms with E-state index in [1.54, 1.807) is 11.8 Å². The minimum atomic E-state index is 0.303. The van der Waals surface area contributed by atoms with Crippen molar-refractivity contribution in [3.8, 4) is 0 Å². The molecule has 1 unspecified atom stereocenters. The van der Waals surface area contributed by atoms with E-state index in [-0.39, 0.29) is 0 Å². The Kier molecular flexibility index (Phi) is 5.89. The summed E-state index contributed by atoms with van der Waals surface area (Å²) < 4.78 is 0. The molecule has 106 valence electrons. The van der Waals surface area contributed by atoms with Crippen LogP contribution >= 0.6 is 23.4 Å². The number of pyridine rings is 1. The van der Waals surface area contributed by atoms with E-state index < -0.39 is 0 Å². The molecule has 4 heteroatoms. The molecule has 2 nitrogen and oxygen atoms in total. The van der Waals surface area contributed by atoms with Crippen molar-refractivity contribution in [2.75, 3.05) is 12.3 Å². The first-order valence-corrected chi connectivity index (χ1v) is 8.09. The van der Waals surface area contributed by atoms with Crippen molar-refractivity contribution in [2.45, 2.75) is 24.8 Å². The van der Waals surface area contributed by atoms with Gasteiger partial charge in [-0.25, -0.2) is 0 Å². The third kappa shape index (κ3) is 4.51. The van der Waals surface area contributed by atoms with Gasteiger partial charge in [-0.15, -0.1) is 11.8 Å². The van der Waals surface area contributed by atoms with Crippen LogP contribution in [0.2, 0.25) is 5.02 Å². The standard InChI is InChI=1S/C16H19ClN2S/c1-3-18-16(13-8-7-12(2)19-10-13)11-20-15-6-4-5-14(17)9-15/h4-10,16,18H,3,11H2,1-2H3. The molecule has 1 heterocycles. The van der Waals surface area contributed by atoms with E-state index in [2.05, 4.69) is 35.4 Å². The fourth-order valence-electron chi connectivity index (χ4n) is 1.94. The van der Waals surface area contributed by atoms with Crippen molar-refractivity contribution < 1.29 is 0 Å². The predicted molar refractivity (Wildman–Crippen MR) is 87.6 cm³/mol. The van der Waals surface area contributed by atoms with Gasteiger partial charge in [0.25, 0.3) is 0 Å². The number of benzene rings is 1. The molecule has 0 saturated heterocycles. The molecule has 0 bridgehead atoms. The normalized spacial score (nSPS) is 12.3. The highest BCUT2D eigenvalue weighted by molar-refractivity contribution is 7.99. The number of rotatable bonds is 6. The fourth-order valence-corrected chi connectivity index (χ4v) is 3.25. The zero-order chi connectivity index (χ0) is 14.4. The summed E-state index contributed by atoms with van der Waals surface area (Å²) in [5.74, 6) is 0.957. The lowest BCUT2D eigenvalue weighted by molar-refractivity contribution is 0.603. The SMILES string of the molecule is CCNC(CSc1cccc(Cl)c1)c1ccc(C)nc1. The summed E-state index contributed by atoms with van der Waals surface area (Å²) in [5, 5.41) is 4.29. The van der Waals surface area contributed by atoms with Crippen LogP contribution in [-0.2, 0) is 0 Å². The molecular weight excluding hydrogens is 288 g/mol. The van der Waals surface area contributed by atoms with Gasteiger partial charge in [-0.1, -0.05) is 30.7 Å². The summed E-state index contributed by atoms with van der Waals surface area (Å²) in [4.78, 5) is 5.58. The molecule has 0 radical (unpaired) electrons. The van der Waals surface area contributed by atoms with Crippen LogP contribution in [0.25, 0.3) is 0 Å². The van der Waals surface area contributed by atoms with Gasteiger partial charge in [-0.3, -0.25) is 4.98 Å². The van der Waals surface area contributed by atoms with Crippen LogP contribution in [0.5, 0.6) is 0 Å².